The van der Waals surface area contributed by atoms with Crippen molar-refractivity contribution >= 4 is 15.9 Å². The Morgan fingerprint density at radius 2 is 1.89 bits per heavy atom. The third-order valence-corrected chi connectivity index (χ3v) is 4.17. The molecule has 0 aromatic heterocycles. The molecule has 2 rings (SSSR count). The molecule has 1 N–H and O–H groups in total. The van der Waals surface area contributed by atoms with Gasteiger partial charge in [-0.05, 0) is 52.5 Å². The number of aryl methyl sites for hydroxylation is 1. The van der Waals surface area contributed by atoms with Gasteiger partial charge in [0, 0.05) is 12.6 Å². The van der Waals surface area contributed by atoms with E-state index in [0.29, 0.717) is 11.0 Å². The summed E-state index contributed by atoms with van der Waals surface area (Å²) in [5.74, 6) is -0.220. The molecule has 19 heavy (non-hydrogen) atoms. The molecule has 2 aromatic carbocycles. The van der Waals surface area contributed by atoms with E-state index in [4.69, 9.17) is 0 Å². The van der Waals surface area contributed by atoms with E-state index in [-0.39, 0.29) is 11.9 Å². The molecule has 0 heterocycles. The SMILES string of the molecule is Cc1ccccc1[C@H](C)NCc1cccc(F)c1Br. The van der Waals surface area contributed by atoms with Gasteiger partial charge in [-0.15, -0.1) is 0 Å². The Kier molecular flexibility index (Phi) is 4.72. The minimum absolute atomic E-state index is 0.220. The van der Waals surface area contributed by atoms with Crippen LogP contribution in [0.1, 0.15) is 29.7 Å². The highest BCUT2D eigenvalue weighted by molar-refractivity contribution is 9.10. The van der Waals surface area contributed by atoms with Gasteiger partial charge in [0.25, 0.3) is 0 Å². The van der Waals surface area contributed by atoms with E-state index in [1.807, 2.05) is 18.2 Å². The van der Waals surface area contributed by atoms with Crippen molar-refractivity contribution in [2.45, 2.75) is 26.4 Å². The molecule has 0 aliphatic heterocycles. The highest BCUT2D eigenvalue weighted by Gasteiger charge is 2.09. The second-order valence-electron chi connectivity index (χ2n) is 4.67. The zero-order valence-corrected chi connectivity index (χ0v) is 12.7. The summed E-state index contributed by atoms with van der Waals surface area (Å²) in [4.78, 5) is 0. The zero-order valence-electron chi connectivity index (χ0n) is 11.1. The monoisotopic (exact) mass is 321 g/mol. The summed E-state index contributed by atoms with van der Waals surface area (Å²) >= 11 is 3.29. The lowest BCUT2D eigenvalue weighted by molar-refractivity contribution is 0.564. The molecule has 2 aromatic rings. The van der Waals surface area contributed by atoms with Gasteiger partial charge in [0.05, 0.1) is 4.47 Å². The Bertz CT molecular complexity index is 568. The smallest absolute Gasteiger partial charge is 0.137 e. The fourth-order valence-electron chi connectivity index (χ4n) is 2.13. The summed E-state index contributed by atoms with van der Waals surface area (Å²) < 4.78 is 14.0. The maximum absolute atomic E-state index is 13.4. The molecule has 0 radical (unpaired) electrons. The summed E-state index contributed by atoms with van der Waals surface area (Å²) in [5, 5.41) is 3.43. The predicted octanol–water partition coefficient (Wildman–Crippen LogP) is 4.75. The van der Waals surface area contributed by atoms with Crippen LogP contribution >= 0.6 is 15.9 Å². The molecule has 0 aliphatic carbocycles. The summed E-state index contributed by atoms with van der Waals surface area (Å²) in [6.07, 6.45) is 0. The molecule has 1 atom stereocenters. The molecular formula is C16H17BrFN. The van der Waals surface area contributed by atoms with Gasteiger partial charge in [-0.25, -0.2) is 4.39 Å². The summed E-state index contributed by atoms with van der Waals surface area (Å²) in [5.41, 5.74) is 3.47. The average Bonchev–Trinajstić information content (AvgIpc) is 2.40. The van der Waals surface area contributed by atoms with Gasteiger partial charge in [-0.1, -0.05) is 36.4 Å². The van der Waals surface area contributed by atoms with E-state index in [2.05, 4.69) is 47.2 Å². The van der Waals surface area contributed by atoms with Gasteiger partial charge in [-0.2, -0.15) is 0 Å². The van der Waals surface area contributed by atoms with Gasteiger partial charge in [0.1, 0.15) is 5.82 Å². The fourth-order valence-corrected chi connectivity index (χ4v) is 2.54. The van der Waals surface area contributed by atoms with Gasteiger partial charge >= 0.3 is 0 Å². The maximum Gasteiger partial charge on any atom is 0.137 e. The van der Waals surface area contributed by atoms with E-state index in [1.54, 1.807) is 6.07 Å². The van der Waals surface area contributed by atoms with E-state index >= 15 is 0 Å². The van der Waals surface area contributed by atoms with E-state index in [1.165, 1.54) is 17.2 Å². The van der Waals surface area contributed by atoms with Crippen molar-refractivity contribution in [3.63, 3.8) is 0 Å². The summed E-state index contributed by atoms with van der Waals surface area (Å²) in [6, 6.07) is 13.6. The van der Waals surface area contributed by atoms with Crippen molar-refractivity contribution in [2.75, 3.05) is 0 Å². The van der Waals surface area contributed by atoms with Gasteiger partial charge in [-0.3, -0.25) is 0 Å². The molecule has 0 saturated carbocycles. The summed E-state index contributed by atoms with van der Waals surface area (Å²) in [6.45, 7) is 4.86. The molecule has 0 unspecified atom stereocenters. The zero-order chi connectivity index (χ0) is 13.8. The first-order valence-electron chi connectivity index (χ1n) is 6.31. The van der Waals surface area contributed by atoms with E-state index in [0.717, 1.165) is 5.56 Å². The van der Waals surface area contributed by atoms with Crippen molar-refractivity contribution in [1.82, 2.24) is 5.32 Å². The molecule has 0 amide bonds. The largest absolute Gasteiger partial charge is 0.306 e. The Morgan fingerprint density at radius 1 is 1.16 bits per heavy atom. The van der Waals surface area contributed by atoms with Gasteiger partial charge in [0.2, 0.25) is 0 Å². The molecule has 0 spiro atoms. The van der Waals surface area contributed by atoms with Gasteiger partial charge < -0.3 is 5.32 Å². The van der Waals surface area contributed by atoms with Crippen molar-refractivity contribution in [3.8, 4) is 0 Å². The van der Waals surface area contributed by atoms with Crippen molar-refractivity contribution < 1.29 is 4.39 Å². The highest BCUT2D eigenvalue weighted by Crippen LogP contribution is 2.22. The number of hydrogen-bond acceptors (Lipinski definition) is 1. The predicted molar refractivity (Wildman–Crippen MR) is 80.5 cm³/mol. The molecule has 0 aliphatic rings. The van der Waals surface area contributed by atoms with Crippen LogP contribution in [0.25, 0.3) is 0 Å². The van der Waals surface area contributed by atoms with Crippen LogP contribution in [0.2, 0.25) is 0 Å². The molecule has 100 valence electrons. The van der Waals surface area contributed by atoms with Crippen LogP contribution in [0.3, 0.4) is 0 Å². The molecule has 0 saturated heterocycles. The van der Waals surface area contributed by atoms with E-state index in [9.17, 15) is 4.39 Å². The topological polar surface area (TPSA) is 12.0 Å². The Labute approximate surface area is 122 Å². The molecule has 0 bridgehead atoms. The number of rotatable bonds is 4. The fraction of sp³-hybridized carbons (Fsp3) is 0.250. The number of nitrogens with one attached hydrogen (secondary N) is 1. The first kappa shape index (κ1) is 14.2. The third-order valence-electron chi connectivity index (χ3n) is 3.29. The second kappa shape index (κ2) is 6.31. The highest BCUT2D eigenvalue weighted by atomic mass is 79.9. The molecule has 1 nitrogen and oxygen atoms in total. The first-order chi connectivity index (χ1) is 9.09. The number of benzene rings is 2. The molecular weight excluding hydrogens is 305 g/mol. The lowest BCUT2D eigenvalue weighted by Crippen LogP contribution is -2.19. The quantitative estimate of drug-likeness (QED) is 0.857. The first-order valence-corrected chi connectivity index (χ1v) is 7.10. The average molecular weight is 322 g/mol. The number of hydrogen-bond donors (Lipinski definition) is 1. The van der Waals surface area contributed by atoms with Gasteiger partial charge in [0.15, 0.2) is 0 Å². The van der Waals surface area contributed by atoms with Crippen LogP contribution in [0, 0.1) is 12.7 Å². The summed E-state index contributed by atoms with van der Waals surface area (Å²) in [7, 11) is 0. The third kappa shape index (κ3) is 3.43. The Hall–Kier alpha value is -1.19. The standard InChI is InChI=1S/C16H17BrFN/c1-11-6-3-4-8-14(11)12(2)19-10-13-7-5-9-15(18)16(13)17/h3-9,12,19H,10H2,1-2H3/t12-/m0/s1. The van der Waals surface area contributed by atoms with Crippen LogP contribution in [0.5, 0.6) is 0 Å². The van der Waals surface area contributed by atoms with Crippen LogP contribution in [0.4, 0.5) is 4.39 Å². The van der Waals surface area contributed by atoms with Crippen LogP contribution < -0.4 is 5.32 Å². The Morgan fingerprint density at radius 3 is 2.63 bits per heavy atom. The minimum Gasteiger partial charge on any atom is -0.306 e. The lowest BCUT2D eigenvalue weighted by atomic mass is 10.0. The lowest BCUT2D eigenvalue weighted by Gasteiger charge is -2.17. The Balaban J connectivity index is 2.07. The maximum atomic E-state index is 13.4. The van der Waals surface area contributed by atoms with Crippen LogP contribution in [-0.2, 0) is 6.54 Å². The van der Waals surface area contributed by atoms with Crippen molar-refractivity contribution in [2.24, 2.45) is 0 Å². The van der Waals surface area contributed by atoms with Crippen molar-refractivity contribution in [1.29, 1.82) is 0 Å². The van der Waals surface area contributed by atoms with Crippen molar-refractivity contribution in [3.05, 3.63) is 69.4 Å². The second-order valence-corrected chi connectivity index (χ2v) is 5.47. The molecule has 3 heteroatoms. The van der Waals surface area contributed by atoms with Crippen LogP contribution in [-0.4, -0.2) is 0 Å². The number of halogens is 2. The van der Waals surface area contributed by atoms with Crippen LogP contribution in [0.15, 0.2) is 46.9 Å². The minimum atomic E-state index is -0.220. The normalized spacial score (nSPS) is 12.4. The van der Waals surface area contributed by atoms with E-state index < -0.39 is 0 Å². The molecule has 0 fully saturated rings.